The minimum absolute atomic E-state index is 0.0185. The highest BCUT2D eigenvalue weighted by atomic mass is 32.2. The van der Waals surface area contributed by atoms with Crippen LogP contribution in [-0.2, 0) is 14.6 Å². The fraction of sp³-hybridized carbons (Fsp3) is 0.875. The van der Waals surface area contributed by atoms with Gasteiger partial charge in [-0.25, -0.2) is 8.42 Å². The van der Waals surface area contributed by atoms with E-state index in [-0.39, 0.29) is 17.9 Å². The molecule has 1 saturated carbocycles. The molecule has 1 aliphatic rings. The van der Waals surface area contributed by atoms with E-state index in [1.807, 2.05) is 0 Å². The summed E-state index contributed by atoms with van der Waals surface area (Å²) in [4.78, 5) is 10.7. The van der Waals surface area contributed by atoms with Crippen molar-refractivity contribution in [1.82, 2.24) is 0 Å². The van der Waals surface area contributed by atoms with E-state index >= 15 is 0 Å². The molecule has 6 heteroatoms. The molecule has 0 aromatic rings. The summed E-state index contributed by atoms with van der Waals surface area (Å²) >= 11 is 0. The number of hydrogen-bond acceptors (Lipinski definition) is 4. The maximum atomic E-state index is 11.2. The lowest BCUT2D eigenvalue weighted by atomic mass is 10.1. The summed E-state index contributed by atoms with van der Waals surface area (Å²) in [7, 11) is -3.15. The Morgan fingerprint density at radius 2 is 2.14 bits per heavy atom. The number of rotatable bonds is 5. The summed E-state index contributed by atoms with van der Waals surface area (Å²) in [5, 5.41) is 17.7. The smallest absolute Gasteiger partial charge is 0.312 e. The van der Waals surface area contributed by atoms with E-state index in [0.29, 0.717) is 0 Å². The van der Waals surface area contributed by atoms with Crippen LogP contribution in [0.2, 0.25) is 0 Å². The molecule has 0 heterocycles. The first-order chi connectivity index (χ1) is 6.38. The molecule has 14 heavy (non-hydrogen) atoms. The van der Waals surface area contributed by atoms with Crippen LogP contribution < -0.4 is 0 Å². The Bertz CT molecular complexity index is 334. The van der Waals surface area contributed by atoms with Gasteiger partial charge in [0.1, 0.15) is 9.84 Å². The van der Waals surface area contributed by atoms with Crippen LogP contribution in [0.15, 0.2) is 0 Å². The predicted molar refractivity (Wildman–Crippen MR) is 49.6 cm³/mol. The van der Waals surface area contributed by atoms with Crippen molar-refractivity contribution in [3.8, 4) is 0 Å². The van der Waals surface area contributed by atoms with E-state index in [2.05, 4.69) is 0 Å². The van der Waals surface area contributed by atoms with Gasteiger partial charge >= 0.3 is 5.97 Å². The van der Waals surface area contributed by atoms with E-state index in [0.717, 1.165) is 0 Å². The second-order valence-corrected chi connectivity index (χ2v) is 6.12. The molecule has 2 atom stereocenters. The van der Waals surface area contributed by atoms with Gasteiger partial charge in [-0.1, -0.05) is 6.92 Å². The van der Waals surface area contributed by atoms with Crippen LogP contribution in [0.5, 0.6) is 0 Å². The SMILES string of the molecule is CCS(=O)(=O)C[C@H]1C[C@@]1(CO)C(=O)O. The summed E-state index contributed by atoms with van der Waals surface area (Å²) < 4.78 is 22.4. The second kappa shape index (κ2) is 3.51. The van der Waals surface area contributed by atoms with Crippen LogP contribution in [0.25, 0.3) is 0 Å². The number of carboxylic acid groups (broad SMARTS) is 1. The fourth-order valence-corrected chi connectivity index (χ4v) is 2.83. The minimum Gasteiger partial charge on any atom is -0.481 e. The summed E-state index contributed by atoms with van der Waals surface area (Å²) in [6, 6.07) is 0. The molecule has 0 radical (unpaired) electrons. The van der Waals surface area contributed by atoms with Gasteiger partial charge in [0.05, 0.1) is 17.8 Å². The van der Waals surface area contributed by atoms with Gasteiger partial charge in [0.15, 0.2) is 0 Å². The Balaban J connectivity index is 2.66. The molecule has 82 valence electrons. The number of aliphatic carboxylic acids is 1. The maximum Gasteiger partial charge on any atom is 0.312 e. The Hall–Kier alpha value is -0.620. The first-order valence-corrected chi connectivity index (χ1v) is 6.25. The zero-order valence-electron chi connectivity index (χ0n) is 7.93. The number of carboxylic acids is 1. The third kappa shape index (κ3) is 1.90. The second-order valence-electron chi connectivity index (χ2n) is 3.72. The van der Waals surface area contributed by atoms with E-state index in [4.69, 9.17) is 10.2 Å². The molecule has 1 rings (SSSR count). The van der Waals surface area contributed by atoms with E-state index in [9.17, 15) is 13.2 Å². The number of aliphatic hydroxyl groups is 1. The lowest BCUT2D eigenvalue weighted by Crippen LogP contribution is -2.25. The Morgan fingerprint density at radius 1 is 1.57 bits per heavy atom. The normalized spacial score (nSPS) is 31.4. The molecule has 0 aromatic heterocycles. The first-order valence-electron chi connectivity index (χ1n) is 4.42. The third-order valence-corrected chi connectivity index (χ3v) is 4.62. The van der Waals surface area contributed by atoms with Crippen molar-refractivity contribution in [3.05, 3.63) is 0 Å². The maximum absolute atomic E-state index is 11.2. The number of sulfone groups is 1. The Labute approximate surface area is 82.7 Å². The highest BCUT2D eigenvalue weighted by molar-refractivity contribution is 7.91. The van der Waals surface area contributed by atoms with Gasteiger partial charge in [-0.05, 0) is 12.3 Å². The van der Waals surface area contributed by atoms with Gasteiger partial charge in [-0.2, -0.15) is 0 Å². The molecule has 1 fully saturated rings. The summed E-state index contributed by atoms with van der Waals surface area (Å²) in [5.41, 5.74) is -1.19. The van der Waals surface area contributed by atoms with Crippen molar-refractivity contribution in [2.75, 3.05) is 18.1 Å². The molecule has 0 aliphatic heterocycles. The van der Waals surface area contributed by atoms with Crippen molar-refractivity contribution in [3.63, 3.8) is 0 Å². The minimum atomic E-state index is -3.15. The molecule has 2 N–H and O–H groups in total. The zero-order valence-corrected chi connectivity index (χ0v) is 8.75. The first kappa shape index (κ1) is 11.5. The Kier molecular flexibility index (Phi) is 2.87. The van der Waals surface area contributed by atoms with Gasteiger partial charge in [0, 0.05) is 5.75 Å². The van der Waals surface area contributed by atoms with Gasteiger partial charge in [0.25, 0.3) is 0 Å². The van der Waals surface area contributed by atoms with Gasteiger partial charge in [-0.15, -0.1) is 0 Å². The molecule has 0 spiro atoms. The van der Waals surface area contributed by atoms with Crippen LogP contribution >= 0.6 is 0 Å². The van der Waals surface area contributed by atoms with Crippen molar-refractivity contribution < 1.29 is 23.4 Å². The number of carbonyl (C=O) groups is 1. The van der Waals surface area contributed by atoms with Gasteiger partial charge in [-0.3, -0.25) is 4.79 Å². The van der Waals surface area contributed by atoms with Gasteiger partial charge in [0.2, 0.25) is 0 Å². The van der Waals surface area contributed by atoms with Crippen LogP contribution in [-0.4, -0.2) is 42.7 Å². The molecular formula is C8H14O5S. The number of hydrogen-bond donors (Lipinski definition) is 2. The van der Waals surface area contributed by atoms with Crippen molar-refractivity contribution in [1.29, 1.82) is 0 Å². The van der Waals surface area contributed by atoms with Crippen molar-refractivity contribution in [2.24, 2.45) is 11.3 Å². The third-order valence-electron chi connectivity index (χ3n) is 2.84. The number of aliphatic hydroxyl groups excluding tert-OH is 1. The molecule has 0 unspecified atom stereocenters. The largest absolute Gasteiger partial charge is 0.481 e. The van der Waals surface area contributed by atoms with Gasteiger partial charge < -0.3 is 10.2 Å². The fourth-order valence-electron chi connectivity index (χ4n) is 1.55. The summed E-state index contributed by atoms with van der Waals surface area (Å²) in [5.74, 6) is -1.63. The lowest BCUT2D eigenvalue weighted by molar-refractivity contribution is -0.145. The monoisotopic (exact) mass is 222 g/mol. The molecule has 5 nitrogen and oxygen atoms in total. The van der Waals surface area contributed by atoms with E-state index < -0.39 is 33.7 Å². The quantitative estimate of drug-likeness (QED) is 0.654. The molecule has 0 aromatic carbocycles. The molecular weight excluding hydrogens is 208 g/mol. The predicted octanol–water partition coefficient (Wildman–Crippen LogP) is -0.496. The lowest BCUT2D eigenvalue weighted by Gasteiger charge is -2.07. The van der Waals surface area contributed by atoms with E-state index in [1.165, 1.54) is 6.92 Å². The van der Waals surface area contributed by atoms with Crippen LogP contribution in [0, 0.1) is 11.3 Å². The molecule has 0 saturated heterocycles. The summed E-state index contributed by atoms with van der Waals surface area (Å²) in [6.07, 6.45) is 0.262. The van der Waals surface area contributed by atoms with Crippen molar-refractivity contribution in [2.45, 2.75) is 13.3 Å². The average molecular weight is 222 g/mol. The topological polar surface area (TPSA) is 91.7 Å². The molecule has 0 amide bonds. The Morgan fingerprint density at radius 3 is 2.43 bits per heavy atom. The highest BCUT2D eigenvalue weighted by Gasteiger charge is 2.61. The van der Waals surface area contributed by atoms with E-state index in [1.54, 1.807) is 0 Å². The molecule has 1 aliphatic carbocycles. The average Bonchev–Trinajstić information content (AvgIpc) is 2.79. The van der Waals surface area contributed by atoms with Crippen LogP contribution in [0.3, 0.4) is 0 Å². The van der Waals surface area contributed by atoms with Crippen LogP contribution in [0.1, 0.15) is 13.3 Å². The zero-order chi connectivity index (χ0) is 11.0. The van der Waals surface area contributed by atoms with Crippen molar-refractivity contribution >= 4 is 15.8 Å². The molecule has 0 bridgehead atoms. The standard InChI is InChI=1S/C8H14O5S/c1-2-14(12,13)4-6-3-8(6,5-9)7(10)11/h6,9H,2-5H2,1H3,(H,10,11)/t6-,8+/m1/s1. The summed E-state index contributed by atoms with van der Waals surface area (Å²) in [6.45, 7) is 1.05. The van der Waals surface area contributed by atoms with Crippen LogP contribution in [0.4, 0.5) is 0 Å². The highest BCUT2D eigenvalue weighted by Crippen LogP contribution is 2.53.